The third-order valence-electron chi connectivity index (χ3n) is 1.96. The lowest BCUT2D eigenvalue weighted by Gasteiger charge is -2.03. The first kappa shape index (κ1) is 9.50. The molecule has 0 aliphatic carbocycles. The van der Waals surface area contributed by atoms with Crippen molar-refractivity contribution in [3.63, 3.8) is 0 Å². The molecule has 7 nitrogen and oxygen atoms in total. The highest BCUT2D eigenvalue weighted by molar-refractivity contribution is 5.59. The second kappa shape index (κ2) is 3.99. The molecule has 0 aliphatic heterocycles. The van der Waals surface area contributed by atoms with Crippen molar-refractivity contribution in [2.45, 2.75) is 6.54 Å². The molecule has 0 bridgehead atoms. The molecular weight excluding hydrogens is 194 g/mol. The molecule has 0 unspecified atom stereocenters. The third-order valence-corrected chi connectivity index (χ3v) is 1.96. The molecular formula is C8H13N7. The Morgan fingerprint density at radius 1 is 1.53 bits per heavy atom. The summed E-state index contributed by atoms with van der Waals surface area (Å²) in [5, 5.41) is 14.8. The van der Waals surface area contributed by atoms with Crippen LogP contribution < -0.4 is 11.1 Å². The Morgan fingerprint density at radius 2 is 2.40 bits per heavy atom. The Kier molecular flexibility index (Phi) is 2.53. The summed E-state index contributed by atoms with van der Waals surface area (Å²) in [4.78, 5) is 0. The van der Waals surface area contributed by atoms with Crippen molar-refractivity contribution >= 4 is 11.5 Å². The fourth-order valence-corrected chi connectivity index (χ4v) is 1.29. The summed E-state index contributed by atoms with van der Waals surface area (Å²) in [7, 11) is 1.83. The number of aryl methyl sites for hydroxylation is 1. The monoisotopic (exact) mass is 207 g/mol. The molecule has 15 heavy (non-hydrogen) atoms. The first-order chi connectivity index (χ1) is 7.25. The highest BCUT2D eigenvalue weighted by atomic mass is 15.4. The quantitative estimate of drug-likeness (QED) is 0.719. The summed E-state index contributed by atoms with van der Waals surface area (Å²) in [5.41, 5.74) is 6.37. The second-order valence-electron chi connectivity index (χ2n) is 3.20. The van der Waals surface area contributed by atoms with Crippen LogP contribution in [0.3, 0.4) is 0 Å². The molecule has 0 radical (unpaired) electrons. The highest BCUT2D eigenvalue weighted by Gasteiger charge is 2.02. The van der Waals surface area contributed by atoms with Gasteiger partial charge in [0.1, 0.15) is 0 Å². The summed E-state index contributed by atoms with van der Waals surface area (Å²) in [6.45, 7) is 1.45. The topological polar surface area (TPSA) is 86.6 Å². The van der Waals surface area contributed by atoms with E-state index in [1.807, 2.05) is 13.2 Å². The van der Waals surface area contributed by atoms with Gasteiger partial charge in [-0.2, -0.15) is 5.10 Å². The van der Waals surface area contributed by atoms with Crippen LogP contribution in [0.15, 0.2) is 18.6 Å². The van der Waals surface area contributed by atoms with Crippen LogP contribution in [0.1, 0.15) is 0 Å². The van der Waals surface area contributed by atoms with E-state index in [1.54, 1.807) is 21.8 Å². The molecule has 0 aliphatic rings. The van der Waals surface area contributed by atoms with Gasteiger partial charge in [0.25, 0.3) is 0 Å². The Labute approximate surface area is 86.9 Å². The van der Waals surface area contributed by atoms with E-state index in [4.69, 9.17) is 5.73 Å². The van der Waals surface area contributed by atoms with Crippen LogP contribution in [-0.2, 0) is 13.6 Å². The molecule has 0 atom stereocenters. The Bertz CT molecular complexity index is 416. The first-order valence-corrected chi connectivity index (χ1v) is 4.63. The number of nitrogens with one attached hydrogen (secondary N) is 1. The molecule has 2 aromatic heterocycles. The van der Waals surface area contributed by atoms with Gasteiger partial charge in [-0.15, -0.1) is 5.10 Å². The summed E-state index contributed by atoms with van der Waals surface area (Å²) >= 11 is 0. The van der Waals surface area contributed by atoms with Crippen LogP contribution >= 0.6 is 0 Å². The van der Waals surface area contributed by atoms with E-state index in [0.717, 1.165) is 6.54 Å². The molecule has 0 aromatic carbocycles. The number of hydrogen-bond acceptors (Lipinski definition) is 5. The predicted molar refractivity (Wildman–Crippen MR) is 56.1 cm³/mol. The van der Waals surface area contributed by atoms with Crippen molar-refractivity contribution in [3.05, 3.63) is 18.6 Å². The zero-order valence-electron chi connectivity index (χ0n) is 8.46. The number of aromatic nitrogens is 5. The standard InChI is InChI=1S/C8H13N7/c1-14-6-7(9)8(12-14)10-2-4-15-5-3-11-13-15/h3,5-6H,2,4,9H2,1H3,(H,10,12). The van der Waals surface area contributed by atoms with E-state index in [9.17, 15) is 0 Å². The largest absolute Gasteiger partial charge is 0.394 e. The lowest BCUT2D eigenvalue weighted by atomic mass is 10.5. The number of hydrogen-bond donors (Lipinski definition) is 2. The van der Waals surface area contributed by atoms with E-state index in [2.05, 4.69) is 20.7 Å². The van der Waals surface area contributed by atoms with Crippen LogP contribution in [0.5, 0.6) is 0 Å². The van der Waals surface area contributed by atoms with Gasteiger partial charge in [-0.3, -0.25) is 9.36 Å². The number of rotatable bonds is 4. The van der Waals surface area contributed by atoms with Gasteiger partial charge in [0.15, 0.2) is 5.82 Å². The molecule has 3 N–H and O–H groups in total. The van der Waals surface area contributed by atoms with Gasteiger partial charge < -0.3 is 11.1 Å². The SMILES string of the molecule is Cn1cc(N)c(NCCn2ccnn2)n1. The van der Waals surface area contributed by atoms with Gasteiger partial charge in [0.05, 0.1) is 18.4 Å². The van der Waals surface area contributed by atoms with Gasteiger partial charge in [-0.25, -0.2) is 0 Å². The molecule has 7 heteroatoms. The third kappa shape index (κ3) is 2.25. The van der Waals surface area contributed by atoms with Gasteiger partial charge in [-0.1, -0.05) is 5.21 Å². The molecule has 80 valence electrons. The van der Waals surface area contributed by atoms with Crippen LogP contribution in [0.4, 0.5) is 11.5 Å². The van der Waals surface area contributed by atoms with Crippen molar-refractivity contribution in [1.82, 2.24) is 24.8 Å². The van der Waals surface area contributed by atoms with Crippen molar-refractivity contribution in [2.24, 2.45) is 7.05 Å². The van der Waals surface area contributed by atoms with E-state index in [0.29, 0.717) is 18.1 Å². The summed E-state index contributed by atoms with van der Waals surface area (Å²) in [6.07, 6.45) is 5.22. The fourth-order valence-electron chi connectivity index (χ4n) is 1.29. The molecule has 0 spiro atoms. The average Bonchev–Trinajstić information content (AvgIpc) is 2.77. The lowest BCUT2D eigenvalue weighted by molar-refractivity contribution is 0.607. The number of nitrogens with zero attached hydrogens (tertiary/aromatic N) is 5. The Balaban J connectivity index is 1.86. The minimum atomic E-state index is 0.649. The average molecular weight is 207 g/mol. The minimum Gasteiger partial charge on any atom is -0.394 e. The van der Waals surface area contributed by atoms with Crippen molar-refractivity contribution < 1.29 is 0 Å². The molecule has 0 amide bonds. The molecule has 2 rings (SSSR count). The maximum atomic E-state index is 5.72. The molecule has 2 heterocycles. The van der Waals surface area contributed by atoms with Crippen LogP contribution in [0, 0.1) is 0 Å². The fraction of sp³-hybridized carbons (Fsp3) is 0.375. The molecule has 0 fully saturated rings. The zero-order chi connectivity index (χ0) is 10.7. The smallest absolute Gasteiger partial charge is 0.171 e. The van der Waals surface area contributed by atoms with Crippen molar-refractivity contribution in [2.75, 3.05) is 17.6 Å². The number of anilines is 2. The Morgan fingerprint density at radius 3 is 3.00 bits per heavy atom. The van der Waals surface area contributed by atoms with Gasteiger partial charge in [-0.05, 0) is 0 Å². The zero-order valence-corrected chi connectivity index (χ0v) is 8.46. The maximum absolute atomic E-state index is 5.72. The number of nitrogens with two attached hydrogens (primary N) is 1. The highest BCUT2D eigenvalue weighted by Crippen LogP contribution is 2.13. The number of nitrogen functional groups attached to an aromatic ring is 1. The molecule has 0 saturated heterocycles. The van der Waals surface area contributed by atoms with Gasteiger partial charge in [0.2, 0.25) is 0 Å². The summed E-state index contributed by atoms with van der Waals surface area (Å²) < 4.78 is 3.42. The van der Waals surface area contributed by atoms with E-state index in [1.165, 1.54) is 0 Å². The second-order valence-corrected chi connectivity index (χ2v) is 3.20. The lowest BCUT2D eigenvalue weighted by Crippen LogP contribution is -2.12. The first-order valence-electron chi connectivity index (χ1n) is 4.63. The minimum absolute atomic E-state index is 0.649. The Hall–Kier alpha value is -2.05. The van der Waals surface area contributed by atoms with E-state index >= 15 is 0 Å². The normalized spacial score (nSPS) is 10.5. The van der Waals surface area contributed by atoms with E-state index < -0.39 is 0 Å². The van der Waals surface area contributed by atoms with E-state index in [-0.39, 0.29) is 0 Å². The van der Waals surface area contributed by atoms with Gasteiger partial charge >= 0.3 is 0 Å². The van der Waals surface area contributed by atoms with Crippen molar-refractivity contribution in [1.29, 1.82) is 0 Å². The predicted octanol–water partition coefficient (Wildman–Crippen LogP) is -0.294. The summed E-state index contributed by atoms with van der Waals surface area (Å²) in [5.74, 6) is 0.706. The van der Waals surface area contributed by atoms with Crippen molar-refractivity contribution in [3.8, 4) is 0 Å². The van der Waals surface area contributed by atoms with Crippen LogP contribution in [0.2, 0.25) is 0 Å². The summed E-state index contributed by atoms with van der Waals surface area (Å²) in [6, 6.07) is 0. The van der Waals surface area contributed by atoms with Crippen LogP contribution in [0.25, 0.3) is 0 Å². The van der Waals surface area contributed by atoms with Crippen LogP contribution in [-0.4, -0.2) is 31.3 Å². The molecule has 2 aromatic rings. The maximum Gasteiger partial charge on any atom is 0.171 e. The van der Waals surface area contributed by atoms with Gasteiger partial charge in [0, 0.05) is 26.0 Å². The molecule has 0 saturated carbocycles.